The van der Waals surface area contributed by atoms with E-state index in [4.69, 9.17) is 11.5 Å². The molecule has 5 N–H and O–H groups in total. The molecule has 0 unspecified atom stereocenters. The number of rotatable bonds is 2. The number of nitrogens with zero attached hydrogens (tertiary/aromatic N) is 4. The molecule has 7 nitrogen and oxygen atoms in total. The SMILES string of the molecule is N#Cc1c(N)nc(N)nc1-c1ccc(N2CCNCC2)cc1. The first-order chi connectivity index (χ1) is 10.7. The number of hydrogen-bond acceptors (Lipinski definition) is 7. The summed E-state index contributed by atoms with van der Waals surface area (Å²) in [5, 5.41) is 12.6. The molecule has 2 aromatic rings. The van der Waals surface area contributed by atoms with Crippen molar-refractivity contribution in [3.05, 3.63) is 29.8 Å². The number of aromatic nitrogens is 2. The van der Waals surface area contributed by atoms with Gasteiger partial charge in [-0.3, -0.25) is 0 Å². The van der Waals surface area contributed by atoms with E-state index in [1.807, 2.05) is 30.3 Å². The van der Waals surface area contributed by atoms with Crippen molar-refractivity contribution in [3.63, 3.8) is 0 Å². The van der Waals surface area contributed by atoms with Crippen LogP contribution in [0.15, 0.2) is 24.3 Å². The Morgan fingerprint density at radius 1 is 1.09 bits per heavy atom. The number of nitrogen functional groups attached to an aromatic ring is 2. The van der Waals surface area contributed by atoms with E-state index in [1.165, 1.54) is 0 Å². The number of hydrogen-bond donors (Lipinski definition) is 3. The van der Waals surface area contributed by atoms with Crippen molar-refractivity contribution >= 4 is 17.5 Å². The molecule has 0 bridgehead atoms. The number of anilines is 3. The summed E-state index contributed by atoms with van der Waals surface area (Å²) in [7, 11) is 0. The van der Waals surface area contributed by atoms with Gasteiger partial charge < -0.3 is 21.7 Å². The highest BCUT2D eigenvalue weighted by molar-refractivity contribution is 5.74. The Balaban J connectivity index is 1.95. The number of piperazine rings is 1. The summed E-state index contributed by atoms with van der Waals surface area (Å²) in [6.45, 7) is 3.94. The quantitative estimate of drug-likeness (QED) is 0.742. The maximum absolute atomic E-state index is 9.24. The number of nitrogens with two attached hydrogens (primary N) is 2. The van der Waals surface area contributed by atoms with E-state index in [9.17, 15) is 5.26 Å². The minimum atomic E-state index is 0.0673. The van der Waals surface area contributed by atoms with Crippen molar-refractivity contribution in [3.8, 4) is 17.3 Å². The van der Waals surface area contributed by atoms with Gasteiger partial charge in [-0.2, -0.15) is 10.2 Å². The smallest absolute Gasteiger partial charge is 0.222 e. The summed E-state index contributed by atoms with van der Waals surface area (Å²) in [6, 6.07) is 9.95. The molecule has 22 heavy (non-hydrogen) atoms. The van der Waals surface area contributed by atoms with Crippen molar-refractivity contribution in [1.82, 2.24) is 15.3 Å². The first kappa shape index (κ1) is 14.1. The van der Waals surface area contributed by atoms with Crippen molar-refractivity contribution in [2.75, 3.05) is 42.5 Å². The summed E-state index contributed by atoms with van der Waals surface area (Å²) in [4.78, 5) is 10.3. The second-order valence-corrected chi connectivity index (χ2v) is 5.09. The molecule has 1 aromatic carbocycles. The molecular formula is C15H17N7. The van der Waals surface area contributed by atoms with E-state index in [0.29, 0.717) is 5.69 Å². The maximum atomic E-state index is 9.24. The molecule has 1 saturated heterocycles. The molecule has 0 amide bonds. The number of benzene rings is 1. The topological polar surface area (TPSA) is 117 Å². The summed E-state index contributed by atoms with van der Waals surface area (Å²) >= 11 is 0. The normalized spacial score (nSPS) is 14.6. The van der Waals surface area contributed by atoms with Gasteiger partial charge in [-0.25, -0.2) is 4.98 Å². The molecule has 0 radical (unpaired) electrons. The minimum absolute atomic E-state index is 0.0673. The average molecular weight is 295 g/mol. The number of nitrogens with one attached hydrogen (secondary N) is 1. The summed E-state index contributed by atoms with van der Waals surface area (Å²) in [6.07, 6.45) is 0. The van der Waals surface area contributed by atoms with Crippen LogP contribution >= 0.6 is 0 Å². The monoisotopic (exact) mass is 295 g/mol. The van der Waals surface area contributed by atoms with Crippen LogP contribution in [-0.2, 0) is 0 Å². The van der Waals surface area contributed by atoms with Gasteiger partial charge in [-0.15, -0.1) is 0 Å². The van der Waals surface area contributed by atoms with Crippen LogP contribution < -0.4 is 21.7 Å². The lowest BCUT2D eigenvalue weighted by atomic mass is 10.1. The van der Waals surface area contributed by atoms with Crippen LogP contribution in [0.5, 0.6) is 0 Å². The molecular weight excluding hydrogens is 278 g/mol. The lowest BCUT2D eigenvalue weighted by Crippen LogP contribution is -2.43. The first-order valence-corrected chi connectivity index (χ1v) is 7.08. The van der Waals surface area contributed by atoms with Gasteiger partial charge in [0.2, 0.25) is 5.95 Å². The highest BCUT2D eigenvalue weighted by Crippen LogP contribution is 2.27. The van der Waals surface area contributed by atoms with E-state index in [0.717, 1.165) is 37.4 Å². The van der Waals surface area contributed by atoms with Crippen LogP contribution in [0.3, 0.4) is 0 Å². The fourth-order valence-corrected chi connectivity index (χ4v) is 2.57. The van der Waals surface area contributed by atoms with Crippen molar-refractivity contribution in [2.24, 2.45) is 0 Å². The van der Waals surface area contributed by atoms with Gasteiger partial charge in [-0.05, 0) is 12.1 Å². The zero-order valence-corrected chi connectivity index (χ0v) is 12.1. The molecule has 0 saturated carbocycles. The van der Waals surface area contributed by atoms with Gasteiger partial charge >= 0.3 is 0 Å². The van der Waals surface area contributed by atoms with Gasteiger partial charge in [0, 0.05) is 37.4 Å². The second-order valence-electron chi connectivity index (χ2n) is 5.09. The molecule has 1 fully saturated rings. The third-order valence-electron chi connectivity index (χ3n) is 3.69. The number of nitriles is 1. The van der Waals surface area contributed by atoms with E-state index >= 15 is 0 Å². The molecule has 7 heteroatoms. The zero-order chi connectivity index (χ0) is 15.5. The van der Waals surface area contributed by atoms with Gasteiger partial charge in [0.1, 0.15) is 17.5 Å². The summed E-state index contributed by atoms with van der Waals surface area (Å²) in [5.74, 6) is 0.175. The Hall–Kier alpha value is -2.85. The van der Waals surface area contributed by atoms with Crippen LogP contribution in [0.4, 0.5) is 17.5 Å². The zero-order valence-electron chi connectivity index (χ0n) is 12.1. The molecule has 1 aliphatic heterocycles. The van der Waals surface area contributed by atoms with Gasteiger partial charge in [0.15, 0.2) is 0 Å². The van der Waals surface area contributed by atoms with Crippen LogP contribution in [0.2, 0.25) is 0 Å². The van der Waals surface area contributed by atoms with E-state index in [1.54, 1.807) is 0 Å². The Kier molecular flexibility index (Phi) is 3.76. The summed E-state index contributed by atoms with van der Waals surface area (Å²) in [5.41, 5.74) is 14.1. The van der Waals surface area contributed by atoms with Crippen molar-refractivity contribution in [1.29, 1.82) is 5.26 Å². The van der Waals surface area contributed by atoms with E-state index in [-0.39, 0.29) is 17.3 Å². The third-order valence-corrected chi connectivity index (χ3v) is 3.69. The van der Waals surface area contributed by atoms with Crippen LogP contribution in [0, 0.1) is 11.3 Å². The second kappa shape index (κ2) is 5.87. The van der Waals surface area contributed by atoms with Crippen LogP contribution in [0.1, 0.15) is 5.56 Å². The van der Waals surface area contributed by atoms with Gasteiger partial charge in [-0.1, -0.05) is 12.1 Å². The lowest BCUT2D eigenvalue weighted by Gasteiger charge is -2.29. The summed E-state index contributed by atoms with van der Waals surface area (Å²) < 4.78 is 0. The fraction of sp³-hybridized carbons (Fsp3) is 0.267. The Morgan fingerprint density at radius 3 is 2.41 bits per heavy atom. The van der Waals surface area contributed by atoms with Gasteiger partial charge in [0.05, 0.1) is 5.69 Å². The van der Waals surface area contributed by atoms with Gasteiger partial charge in [0.25, 0.3) is 0 Å². The highest BCUT2D eigenvalue weighted by Gasteiger charge is 2.14. The van der Waals surface area contributed by atoms with E-state index < -0.39 is 0 Å². The molecule has 0 atom stereocenters. The average Bonchev–Trinajstić information content (AvgIpc) is 2.55. The fourth-order valence-electron chi connectivity index (χ4n) is 2.57. The predicted molar refractivity (Wildman–Crippen MR) is 86.1 cm³/mol. The largest absolute Gasteiger partial charge is 0.382 e. The predicted octanol–water partition coefficient (Wildman–Crippen LogP) is 0.589. The van der Waals surface area contributed by atoms with Crippen LogP contribution in [0.25, 0.3) is 11.3 Å². The lowest BCUT2D eigenvalue weighted by molar-refractivity contribution is 0.589. The molecule has 0 aliphatic carbocycles. The molecule has 112 valence electrons. The van der Waals surface area contributed by atoms with Crippen LogP contribution in [-0.4, -0.2) is 36.1 Å². The Labute approximate surface area is 128 Å². The third kappa shape index (κ3) is 2.64. The Bertz CT molecular complexity index is 712. The highest BCUT2D eigenvalue weighted by atomic mass is 15.2. The molecule has 1 aliphatic rings. The molecule has 2 heterocycles. The van der Waals surface area contributed by atoms with Crippen molar-refractivity contribution in [2.45, 2.75) is 0 Å². The van der Waals surface area contributed by atoms with E-state index in [2.05, 4.69) is 20.2 Å². The molecule has 0 spiro atoms. The molecule has 3 rings (SSSR count). The standard InChI is InChI=1S/C15H17N7/c16-9-12-13(20-15(18)21-14(12)17)10-1-3-11(4-2-10)22-7-5-19-6-8-22/h1-4,19H,5-8H2,(H4,17,18,20,21). The Morgan fingerprint density at radius 2 is 1.77 bits per heavy atom. The molecule has 1 aromatic heterocycles. The maximum Gasteiger partial charge on any atom is 0.222 e. The first-order valence-electron chi connectivity index (χ1n) is 7.08. The minimum Gasteiger partial charge on any atom is -0.382 e. The van der Waals surface area contributed by atoms with Crippen molar-refractivity contribution < 1.29 is 0 Å².